The quantitative estimate of drug-likeness (QED) is 0.783. The average molecular weight is 220 g/mol. The molecule has 58 valence electrons. The van der Waals surface area contributed by atoms with Crippen molar-refractivity contribution in [1.29, 1.82) is 0 Å². The molecule has 0 atom stereocenters. The zero-order valence-electron chi connectivity index (χ0n) is 5.21. The van der Waals surface area contributed by atoms with Crippen molar-refractivity contribution in [3.63, 3.8) is 0 Å². The molecule has 0 saturated carbocycles. The minimum atomic E-state index is -1.37. The highest BCUT2D eigenvalue weighted by molar-refractivity contribution is 9.10. The molecule has 0 amide bonds. The molecule has 0 unspecified atom stereocenters. The number of halogens is 2. The molecule has 11 heavy (non-hydrogen) atoms. The summed E-state index contributed by atoms with van der Waals surface area (Å²) in [6.07, 6.45) is 1.22. The summed E-state index contributed by atoms with van der Waals surface area (Å²) < 4.78 is 12.9. The van der Waals surface area contributed by atoms with Gasteiger partial charge < -0.3 is 5.11 Å². The van der Waals surface area contributed by atoms with Crippen molar-refractivity contribution >= 4 is 21.9 Å². The molecule has 0 saturated heterocycles. The minimum absolute atomic E-state index is 0.102. The molecule has 0 radical (unpaired) electrons. The van der Waals surface area contributed by atoms with Crippen molar-refractivity contribution < 1.29 is 14.3 Å². The third-order valence-corrected chi connectivity index (χ3v) is 1.66. The fraction of sp³-hybridized carbons (Fsp3) is 0. The molecule has 1 rings (SSSR count). The molecule has 0 fully saturated rings. The largest absolute Gasteiger partial charge is 0.476 e. The molecule has 5 heteroatoms. The number of rotatable bonds is 1. The van der Waals surface area contributed by atoms with Crippen LogP contribution in [0, 0.1) is 5.82 Å². The number of nitrogens with zero attached hydrogens (tertiary/aromatic N) is 1. The summed E-state index contributed by atoms with van der Waals surface area (Å²) in [6.45, 7) is 0. The Kier molecular flexibility index (Phi) is 2.19. The first-order valence-electron chi connectivity index (χ1n) is 2.66. The van der Waals surface area contributed by atoms with Crippen LogP contribution in [0.4, 0.5) is 4.39 Å². The first kappa shape index (κ1) is 8.13. The van der Waals surface area contributed by atoms with Crippen molar-refractivity contribution in [2.24, 2.45) is 0 Å². The Morgan fingerprint density at radius 2 is 2.36 bits per heavy atom. The number of carboxylic acids is 1. The highest BCUT2D eigenvalue weighted by Crippen LogP contribution is 2.15. The van der Waals surface area contributed by atoms with Crippen LogP contribution in [0.1, 0.15) is 10.5 Å². The Bertz CT molecular complexity index is 303. The van der Waals surface area contributed by atoms with Gasteiger partial charge in [0.25, 0.3) is 0 Å². The Labute approximate surface area is 70.0 Å². The first-order chi connectivity index (χ1) is 5.13. The molecular weight excluding hydrogens is 217 g/mol. The monoisotopic (exact) mass is 219 g/mol. The lowest BCUT2D eigenvalue weighted by molar-refractivity contribution is 0.0684. The highest BCUT2D eigenvalue weighted by atomic mass is 79.9. The van der Waals surface area contributed by atoms with E-state index in [4.69, 9.17) is 5.11 Å². The van der Waals surface area contributed by atoms with Gasteiger partial charge in [-0.05, 0) is 22.0 Å². The molecule has 0 bridgehead atoms. The van der Waals surface area contributed by atoms with Gasteiger partial charge >= 0.3 is 5.97 Å². The number of aromatic carboxylic acids is 1. The summed E-state index contributed by atoms with van der Waals surface area (Å²) in [4.78, 5) is 13.6. The fourth-order valence-corrected chi connectivity index (χ4v) is 0.875. The number of hydrogen-bond acceptors (Lipinski definition) is 2. The van der Waals surface area contributed by atoms with Crippen LogP contribution in [0.2, 0.25) is 0 Å². The van der Waals surface area contributed by atoms with Crippen molar-refractivity contribution in [2.75, 3.05) is 0 Å². The predicted octanol–water partition coefficient (Wildman–Crippen LogP) is 1.68. The van der Waals surface area contributed by atoms with Crippen LogP contribution in [-0.2, 0) is 0 Å². The molecule has 1 N–H and O–H groups in total. The summed E-state index contributed by atoms with van der Waals surface area (Å²) >= 11 is 2.84. The molecule has 0 aliphatic carbocycles. The maximum Gasteiger partial charge on any atom is 0.357 e. The van der Waals surface area contributed by atoms with Crippen molar-refractivity contribution in [3.05, 3.63) is 28.2 Å². The standard InChI is InChI=1S/C6H3BrFNO2/c7-3-1-2-9-5(4(3)8)6(10)11/h1-2H,(H,10,11). The van der Waals surface area contributed by atoms with Crippen LogP contribution >= 0.6 is 15.9 Å². The number of carboxylic acid groups (broad SMARTS) is 1. The molecule has 1 heterocycles. The first-order valence-corrected chi connectivity index (χ1v) is 3.45. The SMILES string of the molecule is O=C(O)c1nccc(Br)c1F. The molecular formula is C6H3BrFNO2. The van der Waals surface area contributed by atoms with E-state index in [0.29, 0.717) is 0 Å². The maximum absolute atomic E-state index is 12.8. The van der Waals surface area contributed by atoms with Crippen molar-refractivity contribution in [1.82, 2.24) is 4.98 Å². The van der Waals surface area contributed by atoms with Crippen LogP contribution in [-0.4, -0.2) is 16.1 Å². The lowest BCUT2D eigenvalue weighted by Gasteiger charge is -1.96. The van der Waals surface area contributed by atoms with Gasteiger partial charge in [-0.1, -0.05) is 0 Å². The smallest absolute Gasteiger partial charge is 0.357 e. The van der Waals surface area contributed by atoms with Crippen LogP contribution < -0.4 is 0 Å². The molecule has 0 aliphatic heterocycles. The second-order valence-electron chi connectivity index (χ2n) is 1.76. The summed E-state index contributed by atoms with van der Waals surface area (Å²) in [5.74, 6) is -2.22. The molecule has 1 aromatic heterocycles. The number of carbonyl (C=O) groups is 1. The number of aromatic nitrogens is 1. The van der Waals surface area contributed by atoms with Crippen LogP contribution in [0.3, 0.4) is 0 Å². The van der Waals surface area contributed by atoms with E-state index >= 15 is 0 Å². The summed E-state index contributed by atoms with van der Waals surface area (Å²) in [5, 5.41) is 8.37. The Morgan fingerprint density at radius 1 is 1.73 bits per heavy atom. The van der Waals surface area contributed by atoms with E-state index in [1.807, 2.05) is 0 Å². The van der Waals surface area contributed by atoms with Gasteiger partial charge in [0.05, 0.1) is 4.47 Å². The minimum Gasteiger partial charge on any atom is -0.476 e. The molecule has 1 aromatic rings. The molecule has 3 nitrogen and oxygen atoms in total. The van der Waals surface area contributed by atoms with E-state index in [1.165, 1.54) is 12.3 Å². The zero-order chi connectivity index (χ0) is 8.43. The van der Waals surface area contributed by atoms with Gasteiger partial charge in [0.2, 0.25) is 0 Å². The lowest BCUT2D eigenvalue weighted by Crippen LogP contribution is -2.03. The Balaban J connectivity index is 3.27. The normalized spacial score (nSPS) is 9.64. The highest BCUT2D eigenvalue weighted by Gasteiger charge is 2.13. The van der Waals surface area contributed by atoms with Gasteiger partial charge in [0.1, 0.15) is 0 Å². The van der Waals surface area contributed by atoms with E-state index in [9.17, 15) is 9.18 Å². The lowest BCUT2D eigenvalue weighted by atomic mass is 10.3. The Morgan fingerprint density at radius 3 is 2.82 bits per heavy atom. The number of pyridine rings is 1. The second kappa shape index (κ2) is 2.96. The zero-order valence-corrected chi connectivity index (χ0v) is 6.80. The van der Waals surface area contributed by atoms with Crippen molar-refractivity contribution in [3.8, 4) is 0 Å². The Hall–Kier alpha value is -0.970. The van der Waals surface area contributed by atoms with Gasteiger partial charge in [-0.2, -0.15) is 0 Å². The molecule has 0 aliphatic rings. The van der Waals surface area contributed by atoms with Crippen LogP contribution in [0.5, 0.6) is 0 Å². The van der Waals surface area contributed by atoms with E-state index < -0.39 is 17.5 Å². The summed E-state index contributed by atoms with van der Waals surface area (Å²) in [6, 6.07) is 1.34. The fourth-order valence-electron chi connectivity index (χ4n) is 0.569. The van der Waals surface area contributed by atoms with Gasteiger partial charge in [-0.25, -0.2) is 14.2 Å². The van der Waals surface area contributed by atoms with E-state index in [2.05, 4.69) is 20.9 Å². The van der Waals surface area contributed by atoms with Crippen molar-refractivity contribution in [2.45, 2.75) is 0 Å². The summed E-state index contributed by atoms with van der Waals surface area (Å²) in [7, 11) is 0. The van der Waals surface area contributed by atoms with Gasteiger partial charge in [0.15, 0.2) is 11.5 Å². The van der Waals surface area contributed by atoms with Crippen LogP contribution in [0.25, 0.3) is 0 Å². The van der Waals surface area contributed by atoms with Crippen LogP contribution in [0.15, 0.2) is 16.7 Å². The summed E-state index contributed by atoms with van der Waals surface area (Å²) in [5.41, 5.74) is -0.570. The third kappa shape index (κ3) is 1.54. The van der Waals surface area contributed by atoms with Gasteiger partial charge in [-0.3, -0.25) is 0 Å². The number of hydrogen-bond donors (Lipinski definition) is 1. The van der Waals surface area contributed by atoms with E-state index in [0.717, 1.165) is 0 Å². The van der Waals surface area contributed by atoms with E-state index in [1.54, 1.807) is 0 Å². The average Bonchev–Trinajstić information content (AvgIpc) is 1.94. The topological polar surface area (TPSA) is 50.2 Å². The molecule has 0 aromatic carbocycles. The second-order valence-corrected chi connectivity index (χ2v) is 2.61. The molecule has 0 spiro atoms. The van der Waals surface area contributed by atoms with Gasteiger partial charge in [0, 0.05) is 6.20 Å². The predicted molar refractivity (Wildman–Crippen MR) is 38.9 cm³/mol. The van der Waals surface area contributed by atoms with E-state index in [-0.39, 0.29) is 4.47 Å². The van der Waals surface area contributed by atoms with Gasteiger partial charge in [-0.15, -0.1) is 0 Å². The maximum atomic E-state index is 12.8. The third-order valence-electron chi connectivity index (χ3n) is 1.04.